The van der Waals surface area contributed by atoms with E-state index in [1.165, 1.54) is 5.56 Å². The molecule has 1 radical (unpaired) electrons. The van der Waals surface area contributed by atoms with Crippen LogP contribution in [0.25, 0.3) is 0 Å². The SMILES string of the molecule is CN(C)Cc1cc[c]c(Nc2ccccc2)c1. The standard InChI is InChI=1S/C15H17N2/c1-17(2)12-13-7-6-10-15(11-13)16-14-8-4-3-5-9-14/h3-9,11,16H,12H2,1-2H3. The van der Waals surface area contributed by atoms with Gasteiger partial charge in [0.05, 0.1) is 0 Å². The Bertz CT molecular complexity index is 463. The fourth-order valence-electron chi connectivity index (χ4n) is 1.73. The minimum absolute atomic E-state index is 0.943. The third-order valence-electron chi connectivity index (χ3n) is 2.42. The van der Waals surface area contributed by atoms with Crippen molar-refractivity contribution in [2.24, 2.45) is 0 Å². The quantitative estimate of drug-likeness (QED) is 0.859. The van der Waals surface area contributed by atoms with Gasteiger partial charge in [-0.2, -0.15) is 0 Å². The first-order valence-corrected chi connectivity index (χ1v) is 5.71. The number of para-hydroxylation sites is 1. The zero-order valence-corrected chi connectivity index (χ0v) is 10.3. The molecule has 0 heterocycles. The average Bonchev–Trinajstić information content (AvgIpc) is 2.30. The predicted octanol–water partition coefficient (Wildman–Crippen LogP) is 3.29. The molecule has 0 aliphatic rings. The van der Waals surface area contributed by atoms with Gasteiger partial charge in [0, 0.05) is 24.0 Å². The highest BCUT2D eigenvalue weighted by atomic mass is 15.0. The number of nitrogens with one attached hydrogen (secondary N) is 1. The molecule has 17 heavy (non-hydrogen) atoms. The van der Waals surface area contributed by atoms with Crippen LogP contribution in [0.3, 0.4) is 0 Å². The molecule has 0 amide bonds. The van der Waals surface area contributed by atoms with Crippen molar-refractivity contribution in [1.29, 1.82) is 0 Å². The molecule has 0 saturated heterocycles. The summed E-state index contributed by atoms with van der Waals surface area (Å²) in [7, 11) is 4.14. The molecule has 0 aliphatic carbocycles. The van der Waals surface area contributed by atoms with E-state index in [-0.39, 0.29) is 0 Å². The number of rotatable bonds is 4. The average molecular weight is 225 g/mol. The second-order valence-electron chi connectivity index (χ2n) is 4.34. The van der Waals surface area contributed by atoms with Gasteiger partial charge in [-0.25, -0.2) is 0 Å². The van der Waals surface area contributed by atoms with Gasteiger partial charge in [0.1, 0.15) is 0 Å². The molecule has 0 aliphatic heterocycles. The van der Waals surface area contributed by atoms with E-state index in [9.17, 15) is 0 Å². The minimum Gasteiger partial charge on any atom is -0.355 e. The molecule has 0 atom stereocenters. The molecule has 0 saturated carbocycles. The van der Waals surface area contributed by atoms with Gasteiger partial charge in [0.15, 0.2) is 0 Å². The first-order chi connectivity index (χ1) is 8.24. The third-order valence-corrected chi connectivity index (χ3v) is 2.42. The summed E-state index contributed by atoms with van der Waals surface area (Å²) in [6, 6.07) is 19.5. The Morgan fingerprint density at radius 3 is 2.59 bits per heavy atom. The Labute approximate surface area is 103 Å². The Kier molecular flexibility index (Phi) is 3.78. The molecule has 2 nitrogen and oxygen atoms in total. The van der Waals surface area contributed by atoms with E-state index in [0.717, 1.165) is 17.9 Å². The molecule has 0 bridgehead atoms. The van der Waals surface area contributed by atoms with Gasteiger partial charge in [-0.3, -0.25) is 0 Å². The molecule has 0 aromatic heterocycles. The lowest BCUT2D eigenvalue weighted by molar-refractivity contribution is 0.402. The van der Waals surface area contributed by atoms with E-state index in [2.05, 4.69) is 42.5 Å². The molecular formula is C15H17N2. The van der Waals surface area contributed by atoms with Crippen molar-refractivity contribution in [3.63, 3.8) is 0 Å². The van der Waals surface area contributed by atoms with Crippen molar-refractivity contribution in [3.05, 3.63) is 60.2 Å². The molecule has 0 fully saturated rings. The van der Waals surface area contributed by atoms with E-state index >= 15 is 0 Å². The number of hydrogen-bond acceptors (Lipinski definition) is 2. The van der Waals surface area contributed by atoms with Gasteiger partial charge < -0.3 is 10.2 Å². The van der Waals surface area contributed by atoms with Crippen LogP contribution in [0.15, 0.2) is 48.5 Å². The molecule has 0 spiro atoms. The highest BCUT2D eigenvalue weighted by Gasteiger charge is 1.98. The van der Waals surface area contributed by atoms with Gasteiger partial charge >= 0.3 is 0 Å². The van der Waals surface area contributed by atoms with Crippen LogP contribution < -0.4 is 5.32 Å². The van der Waals surface area contributed by atoms with Crippen molar-refractivity contribution in [2.75, 3.05) is 19.4 Å². The topological polar surface area (TPSA) is 15.3 Å². The fourth-order valence-corrected chi connectivity index (χ4v) is 1.73. The Balaban J connectivity index is 2.11. The van der Waals surface area contributed by atoms with Crippen LogP contribution in [0.1, 0.15) is 5.56 Å². The van der Waals surface area contributed by atoms with E-state index in [4.69, 9.17) is 0 Å². The monoisotopic (exact) mass is 225 g/mol. The van der Waals surface area contributed by atoms with Crippen LogP contribution >= 0.6 is 0 Å². The van der Waals surface area contributed by atoms with E-state index in [1.807, 2.05) is 36.4 Å². The van der Waals surface area contributed by atoms with Crippen LogP contribution in [0.4, 0.5) is 11.4 Å². The van der Waals surface area contributed by atoms with Crippen LogP contribution in [-0.2, 0) is 6.54 Å². The first kappa shape index (κ1) is 11.7. The summed E-state index contributed by atoms with van der Waals surface area (Å²) in [5.74, 6) is 0. The predicted molar refractivity (Wildman–Crippen MR) is 72.4 cm³/mol. The Hall–Kier alpha value is -1.80. The van der Waals surface area contributed by atoms with Crippen LogP contribution in [0, 0.1) is 6.07 Å². The van der Waals surface area contributed by atoms with E-state index in [0.29, 0.717) is 0 Å². The number of anilines is 2. The lowest BCUT2D eigenvalue weighted by atomic mass is 10.2. The van der Waals surface area contributed by atoms with Crippen LogP contribution in [0.2, 0.25) is 0 Å². The van der Waals surface area contributed by atoms with Crippen molar-refractivity contribution < 1.29 is 0 Å². The largest absolute Gasteiger partial charge is 0.355 e. The number of benzene rings is 2. The van der Waals surface area contributed by atoms with Gasteiger partial charge in [0.25, 0.3) is 0 Å². The first-order valence-electron chi connectivity index (χ1n) is 5.71. The Morgan fingerprint density at radius 1 is 1.12 bits per heavy atom. The molecule has 87 valence electrons. The summed E-state index contributed by atoms with van der Waals surface area (Å²) in [6.45, 7) is 0.943. The van der Waals surface area contributed by atoms with Crippen LogP contribution in [-0.4, -0.2) is 19.0 Å². The minimum atomic E-state index is 0.943. The third kappa shape index (κ3) is 3.61. The number of hydrogen-bond donors (Lipinski definition) is 1. The van der Waals surface area contributed by atoms with Crippen molar-refractivity contribution in [3.8, 4) is 0 Å². The van der Waals surface area contributed by atoms with Gasteiger partial charge in [0.2, 0.25) is 0 Å². The highest BCUT2D eigenvalue weighted by Crippen LogP contribution is 2.17. The highest BCUT2D eigenvalue weighted by molar-refractivity contribution is 5.59. The lowest BCUT2D eigenvalue weighted by Crippen LogP contribution is -2.10. The molecule has 1 N–H and O–H groups in total. The molecule has 2 aromatic carbocycles. The normalized spacial score (nSPS) is 10.5. The second kappa shape index (κ2) is 5.51. The van der Waals surface area contributed by atoms with Crippen molar-refractivity contribution in [1.82, 2.24) is 4.90 Å². The maximum absolute atomic E-state index is 3.34. The van der Waals surface area contributed by atoms with Crippen LogP contribution in [0.5, 0.6) is 0 Å². The smallest absolute Gasteiger partial charge is 0.0467 e. The molecule has 2 heteroatoms. The van der Waals surface area contributed by atoms with Gasteiger partial charge in [-0.05, 0) is 37.9 Å². The maximum atomic E-state index is 3.34. The fraction of sp³-hybridized carbons (Fsp3) is 0.200. The van der Waals surface area contributed by atoms with Crippen molar-refractivity contribution in [2.45, 2.75) is 6.54 Å². The van der Waals surface area contributed by atoms with Gasteiger partial charge in [-0.15, -0.1) is 0 Å². The zero-order valence-electron chi connectivity index (χ0n) is 10.3. The lowest BCUT2D eigenvalue weighted by Gasteiger charge is -2.11. The molecule has 2 aromatic rings. The summed E-state index contributed by atoms with van der Waals surface area (Å²) in [5.41, 5.74) is 3.38. The maximum Gasteiger partial charge on any atom is 0.0467 e. The summed E-state index contributed by atoms with van der Waals surface area (Å²) in [4.78, 5) is 2.15. The number of nitrogens with zero attached hydrogens (tertiary/aromatic N) is 1. The summed E-state index contributed by atoms with van der Waals surface area (Å²) in [5, 5.41) is 3.34. The molecular weight excluding hydrogens is 208 g/mol. The molecule has 2 rings (SSSR count). The summed E-state index contributed by atoms with van der Waals surface area (Å²) >= 11 is 0. The summed E-state index contributed by atoms with van der Waals surface area (Å²) < 4.78 is 0. The zero-order chi connectivity index (χ0) is 12.1. The molecule has 0 unspecified atom stereocenters. The van der Waals surface area contributed by atoms with E-state index < -0.39 is 0 Å². The van der Waals surface area contributed by atoms with E-state index in [1.54, 1.807) is 0 Å². The second-order valence-corrected chi connectivity index (χ2v) is 4.34. The Morgan fingerprint density at radius 2 is 1.88 bits per heavy atom. The van der Waals surface area contributed by atoms with Gasteiger partial charge in [-0.1, -0.05) is 30.3 Å². The summed E-state index contributed by atoms with van der Waals surface area (Å²) in [6.07, 6.45) is 0. The van der Waals surface area contributed by atoms with Crippen molar-refractivity contribution >= 4 is 11.4 Å².